The third-order valence-electron chi connectivity index (χ3n) is 5.19. The van der Waals surface area contributed by atoms with E-state index in [4.69, 9.17) is 4.74 Å². The zero-order valence-electron chi connectivity index (χ0n) is 16.0. The number of likely N-dealkylation sites (tertiary alicyclic amines) is 1. The fourth-order valence-corrected chi connectivity index (χ4v) is 4.53. The summed E-state index contributed by atoms with van der Waals surface area (Å²) in [6.45, 7) is 4.00. The summed E-state index contributed by atoms with van der Waals surface area (Å²) in [4.78, 5) is 15.0. The Labute approximate surface area is 160 Å². The second-order valence-corrected chi connectivity index (χ2v) is 8.65. The van der Waals surface area contributed by atoms with Gasteiger partial charge in [-0.1, -0.05) is 12.1 Å². The number of methoxy groups -OCH3 is 1. The molecule has 2 atom stereocenters. The molecule has 3 rings (SSSR count). The first kappa shape index (κ1) is 19.4. The highest BCUT2D eigenvalue weighted by atomic mass is 32.2. The Hall–Kier alpha value is -2.35. The van der Waals surface area contributed by atoms with Gasteiger partial charge in [-0.05, 0) is 51.3 Å². The van der Waals surface area contributed by atoms with Crippen molar-refractivity contribution in [3.05, 3.63) is 41.6 Å². The molecule has 1 fully saturated rings. The summed E-state index contributed by atoms with van der Waals surface area (Å²) in [6, 6.07) is 7.10. The zero-order valence-corrected chi connectivity index (χ0v) is 16.9. The summed E-state index contributed by atoms with van der Waals surface area (Å²) >= 11 is 0. The van der Waals surface area contributed by atoms with Crippen LogP contribution < -0.4 is 4.74 Å². The molecule has 0 radical (unpaired) electrons. The van der Waals surface area contributed by atoms with Gasteiger partial charge >= 0.3 is 10.2 Å². The fourth-order valence-electron chi connectivity index (χ4n) is 3.63. The summed E-state index contributed by atoms with van der Waals surface area (Å²) in [5.41, 5.74) is 0.923. The van der Waals surface area contributed by atoms with Crippen LogP contribution in [0.15, 0.2) is 40.4 Å². The number of benzene rings is 1. The van der Waals surface area contributed by atoms with Gasteiger partial charge in [-0.2, -0.15) is 8.42 Å². The van der Waals surface area contributed by atoms with Gasteiger partial charge in [0.1, 0.15) is 11.4 Å². The highest BCUT2D eigenvalue weighted by molar-refractivity contribution is 7.88. The number of ether oxygens (including phenoxy) is 1. The molecule has 0 spiro atoms. The van der Waals surface area contributed by atoms with Crippen LogP contribution in [0.1, 0.15) is 38.7 Å². The van der Waals surface area contributed by atoms with Crippen LogP contribution >= 0.6 is 0 Å². The first-order chi connectivity index (χ1) is 12.7. The monoisotopic (exact) mass is 391 g/mol. The maximum absolute atomic E-state index is 13.2. The van der Waals surface area contributed by atoms with Gasteiger partial charge in [0.2, 0.25) is 0 Å². The lowest BCUT2D eigenvalue weighted by Crippen LogP contribution is -2.50. The lowest BCUT2D eigenvalue weighted by Gasteiger charge is -2.40. The van der Waals surface area contributed by atoms with Gasteiger partial charge in [0.25, 0.3) is 5.91 Å². The summed E-state index contributed by atoms with van der Waals surface area (Å²) in [5, 5.41) is 0. The highest BCUT2D eigenvalue weighted by Gasteiger charge is 2.36. The highest BCUT2D eigenvalue weighted by Crippen LogP contribution is 2.28. The van der Waals surface area contributed by atoms with Crippen LogP contribution in [0.4, 0.5) is 0 Å². The van der Waals surface area contributed by atoms with E-state index in [9.17, 15) is 13.2 Å². The predicted octanol–water partition coefficient (Wildman–Crippen LogP) is 2.35. The second-order valence-electron chi connectivity index (χ2n) is 7.02. The number of likely N-dealkylation sites (N-methyl/N-ethyl adjacent to an activating group) is 1. The lowest BCUT2D eigenvalue weighted by atomic mass is 9.97. The zero-order chi connectivity index (χ0) is 19.8. The van der Waals surface area contributed by atoms with Crippen molar-refractivity contribution in [3.63, 3.8) is 0 Å². The Bertz CT molecular complexity index is 897. The van der Waals surface area contributed by atoms with Crippen LogP contribution in [0.25, 0.3) is 0 Å². The number of hydrogen-bond donors (Lipinski definition) is 0. The van der Waals surface area contributed by atoms with Gasteiger partial charge in [-0.15, -0.1) is 4.40 Å². The number of carbonyl (C=O) groups excluding carboxylic acids is 1. The first-order valence-corrected chi connectivity index (χ1v) is 10.4. The molecule has 1 amide bonds. The molecular formula is C19H25N3O4S. The van der Waals surface area contributed by atoms with Crippen LogP contribution in [0, 0.1) is 0 Å². The smallest absolute Gasteiger partial charge is 0.345 e. The molecule has 0 bridgehead atoms. The second kappa shape index (κ2) is 7.34. The van der Waals surface area contributed by atoms with Crippen LogP contribution in [0.5, 0.6) is 5.75 Å². The van der Waals surface area contributed by atoms with Crippen molar-refractivity contribution in [1.82, 2.24) is 9.21 Å². The van der Waals surface area contributed by atoms with Crippen molar-refractivity contribution < 1.29 is 17.9 Å². The molecule has 0 N–H and O–H groups in total. The van der Waals surface area contributed by atoms with E-state index in [2.05, 4.69) is 4.40 Å². The molecule has 0 aromatic heterocycles. The normalized spacial score (nSPS) is 24.9. The first-order valence-electron chi connectivity index (χ1n) is 9.02. The van der Waals surface area contributed by atoms with E-state index in [-0.39, 0.29) is 29.4 Å². The molecule has 27 heavy (non-hydrogen) atoms. The molecule has 0 unspecified atom stereocenters. The topological polar surface area (TPSA) is 79.3 Å². The van der Waals surface area contributed by atoms with E-state index in [1.165, 1.54) is 14.2 Å². The number of piperidine rings is 1. The number of nitrogens with zero attached hydrogens (tertiary/aromatic N) is 3. The number of carbonyl (C=O) groups is 1. The minimum absolute atomic E-state index is 0.0670. The molecule has 1 saturated heterocycles. The van der Waals surface area contributed by atoms with Gasteiger partial charge in [-0.25, -0.2) is 4.31 Å². The Morgan fingerprint density at radius 3 is 2.52 bits per heavy atom. The number of hydrogen-bond acceptors (Lipinski definition) is 4. The van der Waals surface area contributed by atoms with E-state index in [0.717, 1.165) is 23.6 Å². The van der Waals surface area contributed by atoms with Gasteiger partial charge in [0.05, 0.1) is 12.8 Å². The van der Waals surface area contributed by atoms with Crippen molar-refractivity contribution >= 4 is 21.8 Å². The van der Waals surface area contributed by atoms with Gasteiger partial charge in [0, 0.05) is 24.7 Å². The van der Waals surface area contributed by atoms with E-state index in [1.54, 1.807) is 35.2 Å². The Morgan fingerprint density at radius 2 is 1.89 bits per heavy atom. The minimum atomic E-state index is -3.98. The minimum Gasteiger partial charge on any atom is -0.497 e. The maximum atomic E-state index is 13.2. The van der Waals surface area contributed by atoms with Gasteiger partial charge in [0.15, 0.2) is 0 Å². The average Bonchev–Trinajstić information content (AvgIpc) is 2.63. The van der Waals surface area contributed by atoms with Crippen LogP contribution in [0.2, 0.25) is 0 Å². The van der Waals surface area contributed by atoms with Crippen LogP contribution in [0.3, 0.4) is 0 Å². The van der Waals surface area contributed by atoms with Crippen LogP contribution in [-0.4, -0.2) is 55.5 Å². The molecule has 2 aliphatic heterocycles. The van der Waals surface area contributed by atoms with Gasteiger partial charge < -0.3 is 9.64 Å². The maximum Gasteiger partial charge on any atom is 0.345 e. The molecule has 1 aromatic rings. The summed E-state index contributed by atoms with van der Waals surface area (Å²) < 4.78 is 35.2. The molecule has 146 valence electrons. The molecule has 2 aliphatic rings. The third-order valence-corrected chi connectivity index (χ3v) is 6.50. The van der Waals surface area contributed by atoms with E-state index < -0.39 is 10.2 Å². The molecule has 7 nitrogen and oxygen atoms in total. The summed E-state index contributed by atoms with van der Waals surface area (Å²) in [7, 11) is -1.08. The summed E-state index contributed by atoms with van der Waals surface area (Å²) in [6.07, 6.45) is 4.44. The number of rotatable bonds is 3. The summed E-state index contributed by atoms with van der Waals surface area (Å²) in [5.74, 6) is 0.308. The van der Waals surface area contributed by atoms with E-state index >= 15 is 0 Å². The Balaban J connectivity index is 2.04. The van der Waals surface area contributed by atoms with Crippen molar-refractivity contribution in [3.8, 4) is 5.75 Å². The van der Waals surface area contributed by atoms with Crippen molar-refractivity contribution in [2.75, 3.05) is 14.2 Å². The van der Waals surface area contributed by atoms with Gasteiger partial charge in [-0.3, -0.25) is 4.79 Å². The number of allylic oxidation sites excluding steroid dienone is 1. The molecule has 0 saturated carbocycles. The predicted molar refractivity (Wildman–Crippen MR) is 104 cm³/mol. The quantitative estimate of drug-likeness (QED) is 0.792. The largest absolute Gasteiger partial charge is 0.497 e. The van der Waals surface area contributed by atoms with Crippen LogP contribution in [-0.2, 0) is 15.0 Å². The van der Waals surface area contributed by atoms with Crippen molar-refractivity contribution in [2.45, 2.75) is 45.2 Å². The number of amides is 1. The molecule has 1 aromatic carbocycles. The third kappa shape index (κ3) is 3.71. The average molecular weight is 391 g/mol. The molecule has 8 heteroatoms. The van der Waals surface area contributed by atoms with Crippen molar-refractivity contribution in [1.29, 1.82) is 0 Å². The molecule has 0 aliphatic carbocycles. The SMILES string of the molecule is COc1cccc(C2=NS(=O)(=O)N(C)C(C(=O)N3[C@H](C)CCC[C@@H]3C)=C2)c1. The Kier molecular flexibility index (Phi) is 5.28. The van der Waals surface area contributed by atoms with E-state index in [0.29, 0.717) is 11.3 Å². The fraction of sp³-hybridized carbons (Fsp3) is 0.474. The molecule has 2 heterocycles. The van der Waals surface area contributed by atoms with E-state index in [1.807, 2.05) is 13.8 Å². The lowest BCUT2D eigenvalue weighted by molar-refractivity contribution is -0.134. The Morgan fingerprint density at radius 1 is 1.22 bits per heavy atom. The molecular weight excluding hydrogens is 366 g/mol. The standard InChI is InChI=1S/C19H25N3O4S/c1-13-7-5-8-14(2)22(13)19(23)18-12-17(20-27(24,25)21(18)3)15-9-6-10-16(11-15)26-4/h6,9-14H,5,7-8H2,1-4H3/t13-,14+. The van der Waals surface area contributed by atoms with Crippen molar-refractivity contribution in [2.24, 2.45) is 4.40 Å².